The molecule has 0 saturated carbocycles. The standard InChI is InChI=1S/C31H36N4O4S2/c1-21(2)19-34(20-22(3)4)41(37,38)27-14-11-25(12-15-27)30(36)35(32-18-24-9-7-23(5)8-10-24)31-33-28-16-13-26(39-6)17-29(28)40-31/h7-18,21-22H,19-20H2,1-6H3/b32-18+. The van der Waals surface area contributed by atoms with Crippen LogP contribution in [-0.2, 0) is 10.0 Å². The van der Waals surface area contributed by atoms with Gasteiger partial charge < -0.3 is 4.74 Å². The Morgan fingerprint density at radius 3 is 2.20 bits per heavy atom. The third-order valence-electron chi connectivity index (χ3n) is 6.23. The largest absolute Gasteiger partial charge is 0.497 e. The predicted octanol–water partition coefficient (Wildman–Crippen LogP) is 6.60. The highest BCUT2D eigenvalue weighted by atomic mass is 32.2. The number of hydrogen-bond donors (Lipinski definition) is 0. The third kappa shape index (κ3) is 7.38. The molecule has 0 N–H and O–H groups in total. The van der Waals surface area contributed by atoms with Gasteiger partial charge in [-0.1, -0.05) is 68.9 Å². The molecule has 4 aromatic rings. The maximum atomic E-state index is 13.8. The van der Waals surface area contributed by atoms with Crippen LogP contribution in [0.15, 0.2) is 76.7 Å². The van der Waals surface area contributed by atoms with E-state index < -0.39 is 15.9 Å². The van der Waals surface area contributed by atoms with E-state index in [4.69, 9.17) is 4.74 Å². The van der Waals surface area contributed by atoms with Crippen LogP contribution in [0.5, 0.6) is 5.75 Å². The zero-order chi connectivity index (χ0) is 29.7. The topological polar surface area (TPSA) is 92.2 Å². The Morgan fingerprint density at radius 2 is 1.61 bits per heavy atom. The molecule has 3 aromatic carbocycles. The predicted molar refractivity (Wildman–Crippen MR) is 167 cm³/mol. The second kappa shape index (κ2) is 12.9. The molecule has 0 bridgehead atoms. The van der Waals surface area contributed by atoms with Crippen molar-refractivity contribution >= 4 is 48.8 Å². The fraction of sp³-hybridized carbons (Fsp3) is 0.323. The monoisotopic (exact) mass is 592 g/mol. The molecule has 0 radical (unpaired) electrons. The van der Waals surface area contributed by atoms with E-state index in [0.717, 1.165) is 15.8 Å². The number of aryl methyl sites for hydroxylation is 1. The van der Waals surface area contributed by atoms with Crippen LogP contribution in [0.3, 0.4) is 0 Å². The van der Waals surface area contributed by atoms with Crippen LogP contribution in [0, 0.1) is 18.8 Å². The molecule has 0 saturated heterocycles. The van der Waals surface area contributed by atoms with Gasteiger partial charge >= 0.3 is 0 Å². The van der Waals surface area contributed by atoms with Crippen molar-refractivity contribution in [2.45, 2.75) is 39.5 Å². The third-order valence-corrected chi connectivity index (χ3v) is 9.07. The van der Waals surface area contributed by atoms with Gasteiger partial charge in [0.15, 0.2) is 0 Å². The first-order valence-electron chi connectivity index (χ1n) is 13.5. The maximum absolute atomic E-state index is 13.8. The molecule has 1 amide bonds. The lowest BCUT2D eigenvalue weighted by atomic mass is 10.2. The lowest BCUT2D eigenvalue weighted by Gasteiger charge is -2.25. The molecule has 0 spiro atoms. The average Bonchev–Trinajstić information content (AvgIpc) is 3.36. The number of benzene rings is 3. The number of ether oxygens (including phenoxy) is 1. The molecular formula is C31H36N4O4S2. The average molecular weight is 593 g/mol. The molecule has 41 heavy (non-hydrogen) atoms. The Balaban J connectivity index is 1.69. The summed E-state index contributed by atoms with van der Waals surface area (Å²) in [5, 5.41) is 6.16. The van der Waals surface area contributed by atoms with Gasteiger partial charge in [0.05, 0.1) is 28.4 Å². The smallest absolute Gasteiger partial charge is 0.280 e. The summed E-state index contributed by atoms with van der Waals surface area (Å²) >= 11 is 1.32. The van der Waals surface area contributed by atoms with Crippen molar-refractivity contribution in [3.05, 3.63) is 83.4 Å². The fourth-order valence-electron chi connectivity index (χ4n) is 4.20. The summed E-state index contributed by atoms with van der Waals surface area (Å²) in [6, 6.07) is 19.3. The molecule has 1 heterocycles. The Kier molecular flexibility index (Phi) is 9.57. The summed E-state index contributed by atoms with van der Waals surface area (Å²) in [6.45, 7) is 10.8. The van der Waals surface area contributed by atoms with Crippen molar-refractivity contribution in [2.24, 2.45) is 16.9 Å². The minimum atomic E-state index is -3.72. The molecule has 4 rings (SSSR count). The summed E-state index contributed by atoms with van der Waals surface area (Å²) in [4.78, 5) is 18.6. The van der Waals surface area contributed by atoms with Crippen LogP contribution in [0.2, 0.25) is 0 Å². The van der Waals surface area contributed by atoms with Gasteiger partial charge in [0, 0.05) is 18.7 Å². The molecule has 0 aliphatic heterocycles. The molecule has 0 aliphatic rings. The summed E-state index contributed by atoms with van der Waals surface area (Å²) < 4.78 is 34.6. The molecule has 8 nitrogen and oxygen atoms in total. The highest BCUT2D eigenvalue weighted by molar-refractivity contribution is 7.89. The lowest BCUT2D eigenvalue weighted by molar-refractivity contribution is 0.0987. The van der Waals surface area contributed by atoms with Gasteiger partial charge in [-0.15, -0.1) is 0 Å². The summed E-state index contributed by atoms with van der Waals surface area (Å²) in [5.74, 6) is 0.621. The first kappa shape index (κ1) is 30.4. The van der Waals surface area contributed by atoms with E-state index in [-0.39, 0.29) is 16.7 Å². The SMILES string of the molecule is COc1ccc2nc(N(/N=C/c3ccc(C)cc3)C(=O)c3ccc(S(=O)(=O)N(CC(C)C)CC(C)C)cc3)sc2c1. The van der Waals surface area contributed by atoms with Crippen molar-refractivity contribution in [1.29, 1.82) is 0 Å². The summed E-state index contributed by atoms with van der Waals surface area (Å²) in [6.07, 6.45) is 1.61. The summed E-state index contributed by atoms with van der Waals surface area (Å²) in [5.41, 5.74) is 2.95. The maximum Gasteiger partial charge on any atom is 0.280 e. The molecule has 216 valence electrons. The first-order chi connectivity index (χ1) is 19.5. The molecule has 10 heteroatoms. The number of anilines is 1. The molecule has 0 fully saturated rings. The fourth-order valence-corrected chi connectivity index (χ4v) is 6.92. The van der Waals surface area contributed by atoms with Crippen LogP contribution in [0.25, 0.3) is 10.2 Å². The van der Waals surface area contributed by atoms with E-state index in [1.165, 1.54) is 44.9 Å². The zero-order valence-corrected chi connectivity index (χ0v) is 25.9. The normalized spacial score (nSPS) is 12.2. The van der Waals surface area contributed by atoms with E-state index in [1.54, 1.807) is 13.3 Å². The van der Waals surface area contributed by atoms with Gasteiger partial charge in [-0.25, -0.2) is 13.4 Å². The molecular weight excluding hydrogens is 556 g/mol. The number of nitrogens with zero attached hydrogens (tertiary/aromatic N) is 4. The molecule has 0 unspecified atom stereocenters. The minimum absolute atomic E-state index is 0.150. The van der Waals surface area contributed by atoms with Gasteiger partial charge in [-0.3, -0.25) is 4.79 Å². The van der Waals surface area contributed by atoms with Crippen molar-refractivity contribution in [2.75, 3.05) is 25.2 Å². The second-order valence-electron chi connectivity index (χ2n) is 10.7. The van der Waals surface area contributed by atoms with Gasteiger partial charge in [-0.05, 0) is 66.8 Å². The Bertz CT molecular complexity index is 1620. The number of sulfonamides is 1. The number of thiazole rings is 1. The van der Waals surface area contributed by atoms with Crippen molar-refractivity contribution in [3.8, 4) is 5.75 Å². The van der Waals surface area contributed by atoms with E-state index in [0.29, 0.717) is 35.1 Å². The van der Waals surface area contributed by atoms with Crippen LogP contribution < -0.4 is 9.75 Å². The zero-order valence-electron chi connectivity index (χ0n) is 24.2. The highest BCUT2D eigenvalue weighted by Crippen LogP contribution is 2.32. The van der Waals surface area contributed by atoms with Crippen LogP contribution in [0.1, 0.15) is 49.2 Å². The van der Waals surface area contributed by atoms with Gasteiger partial charge in [0.25, 0.3) is 5.91 Å². The number of amides is 1. The van der Waals surface area contributed by atoms with Crippen LogP contribution in [0.4, 0.5) is 5.13 Å². The molecule has 0 atom stereocenters. The van der Waals surface area contributed by atoms with E-state index in [1.807, 2.05) is 77.1 Å². The second-order valence-corrected chi connectivity index (χ2v) is 13.7. The quantitative estimate of drug-likeness (QED) is 0.145. The number of rotatable bonds is 11. The molecule has 1 aromatic heterocycles. The number of carbonyl (C=O) groups is 1. The number of hydrazone groups is 1. The molecule has 0 aliphatic carbocycles. The minimum Gasteiger partial charge on any atom is -0.497 e. The van der Waals surface area contributed by atoms with Gasteiger partial charge in [-0.2, -0.15) is 14.4 Å². The van der Waals surface area contributed by atoms with E-state index in [9.17, 15) is 13.2 Å². The van der Waals surface area contributed by atoms with Gasteiger partial charge in [0.2, 0.25) is 15.2 Å². The van der Waals surface area contributed by atoms with Crippen molar-refractivity contribution < 1.29 is 17.9 Å². The highest BCUT2D eigenvalue weighted by Gasteiger charge is 2.27. The number of hydrogen-bond acceptors (Lipinski definition) is 7. The lowest BCUT2D eigenvalue weighted by Crippen LogP contribution is -2.37. The van der Waals surface area contributed by atoms with E-state index >= 15 is 0 Å². The summed E-state index contributed by atoms with van der Waals surface area (Å²) in [7, 11) is -2.13. The number of carbonyl (C=O) groups excluding carboxylic acids is 1. The van der Waals surface area contributed by atoms with Crippen molar-refractivity contribution in [3.63, 3.8) is 0 Å². The number of aromatic nitrogens is 1. The number of methoxy groups -OCH3 is 1. The Morgan fingerprint density at radius 1 is 0.976 bits per heavy atom. The van der Waals surface area contributed by atoms with Gasteiger partial charge in [0.1, 0.15) is 5.75 Å². The van der Waals surface area contributed by atoms with Crippen LogP contribution >= 0.6 is 11.3 Å². The Hall–Kier alpha value is -3.60. The Labute approximate surface area is 246 Å². The van der Waals surface area contributed by atoms with Crippen molar-refractivity contribution in [1.82, 2.24) is 9.29 Å². The first-order valence-corrected chi connectivity index (χ1v) is 15.7. The number of fused-ring (bicyclic) bond motifs is 1. The van der Waals surface area contributed by atoms with Crippen LogP contribution in [-0.4, -0.2) is 50.0 Å². The van der Waals surface area contributed by atoms with E-state index in [2.05, 4.69) is 10.1 Å².